The molecule has 12 heavy (non-hydrogen) atoms. The molecule has 1 heterocycles. The highest BCUT2D eigenvalue weighted by Gasteiger charge is 2.23. The number of hydrogen-bond donors (Lipinski definition) is 1. The molecule has 0 aromatic carbocycles. The first-order chi connectivity index (χ1) is 5.36. The second-order valence-electron chi connectivity index (χ2n) is 3.87. The topological polar surface area (TPSA) is 4.44 Å². The maximum Gasteiger partial charge on any atom is 0.0801 e. The molecule has 1 fully saturated rings. The Kier molecular flexibility index (Phi) is 6.35. The minimum Gasteiger partial charge on any atom is -1.00 e. The molecule has 1 nitrogen and oxygen atoms in total. The first kappa shape index (κ1) is 11.9. The van der Waals surface area contributed by atoms with Crippen LogP contribution in [0.2, 0.25) is 0 Å². The highest BCUT2D eigenvalue weighted by molar-refractivity contribution is 4.59. The lowest BCUT2D eigenvalue weighted by Gasteiger charge is -2.11. The molecular formula is C10H22FN. The third kappa shape index (κ3) is 3.53. The molecule has 1 N–H and O–H groups in total. The number of quaternary nitrogens is 1. The van der Waals surface area contributed by atoms with Gasteiger partial charge in [0.25, 0.3) is 0 Å². The van der Waals surface area contributed by atoms with E-state index in [9.17, 15) is 0 Å². The van der Waals surface area contributed by atoms with Gasteiger partial charge >= 0.3 is 0 Å². The van der Waals surface area contributed by atoms with Crippen LogP contribution in [0, 0.1) is 5.92 Å². The number of rotatable bonds is 4. The number of halogens is 1. The highest BCUT2D eigenvalue weighted by Crippen LogP contribution is 2.07. The summed E-state index contributed by atoms with van der Waals surface area (Å²) < 4.78 is 0. The minimum atomic E-state index is 0. The third-order valence-electron chi connectivity index (χ3n) is 2.94. The van der Waals surface area contributed by atoms with Gasteiger partial charge in [-0.25, -0.2) is 0 Å². The molecule has 0 aromatic rings. The Bertz CT molecular complexity index is 106. The van der Waals surface area contributed by atoms with E-state index in [2.05, 4.69) is 13.8 Å². The predicted molar refractivity (Wildman–Crippen MR) is 48.9 cm³/mol. The molecular weight excluding hydrogens is 153 g/mol. The van der Waals surface area contributed by atoms with E-state index < -0.39 is 0 Å². The molecule has 0 aromatic heterocycles. The molecule has 0 saturated carbocycles. The summed E-state index contributed by atoms with van der Waals surface area (Å²) in [5, 5.41) is 0. The molecule has 74 valence electrons. The SMILES string of the molecule is CCCC[NH+]1CCC(CC)C1.[F-]. The zero-order valence-electron chi connectivity index (χ0n) is 8.41. The average molecular weight is 175 g/mol. The Morgan fingerprint density at radius 2 is 2.08 bits per heavy atom. The fourth-order valence-electron chi connectivity index (χ4n) is 2.02. The van der Waals surface area contributed by atoms with Crippen molar-refractivity contribution in [1.29, 1.82) is 0 Å². The monoisotopic (exact) mass is 175 g/mol. The predicted octanol–water partition coefficient (Wildman–Crippen LogP) is -1.89. The van der Waals surface area contributed by atoms with Crippen LogP contribution < -0.4 is 9.60 Å². The van der Waals surface area contributed by atoms with Gasteiger partial charge in [-0.3, -0.25) is 0 Å². The van der Waals surface area contributed by atoms with Gasteiger partial charge in [-0.1, -0.05) is 20.3 Å². The summed E-state index contributed by atoms with van der Waals surface area (Å²) in [6, 6.07) is 0. The van der Waals surface area contributed by atoms with Gasteiger partial charge in [0, 0.05) is 12.3 Å². The van der Waals surface area contributed by atoms with Crippen molar-refractivity contribution >= 4 is 0 Å². The lowest BCUT2D eigenvalue weighted by Crippen LogP contribution is -3.10. The number of hydrogen-bond acceptors (Lipinski definition) is 0. The van der Waals surface area contributed by atoms with Crippen LogP contribution in [0.1, 0.15) is 39.5 Å². The first-order valence-electron chi connectivity index (χ1n) is 5.20. The van der Waals surface area contributed by atoms with Crippen LogP contribution in [0.15, 0.2) is 0 Å². The molecule has 1 aliphatic rings. The smallest absolute Gasteiger partial charge is 0.0801 e. The normalized spacial score (nSPS) is 28.5. The summed E-state index contributed by atoms with van der Waals surface area (Å²) in [4.78, 5) is 1.86. The standard InChI is InChI=1S/C10H21N.FH/c1-3-5-7-11-8-6-10(4-2)9-11;/h10H,3-9H2,1-2H3;1H. The van der Waals surface area contributed by atoms with E-state index in [4.69, 9.17) is 0 Å². The van der Waals surface area contributed by atoms with Crippen molar-refractivity contribution in [3.63, 3.8) is 0 Å². The second kappa shape index (κ2) is 6.41. The summed E-state index contributed by atoms with van der Waals surface area (Å²) in [6.45, 7) is 8.93. The molecule has 0 spiro atoms. The van der Waals surface area contributed by atoms with Gasteiger partial charge < -0.3 is 9.60 Å². The molecule has 1 aliphatic heterocycles. The number of likely N-dealkylation sites (tertiary alicyclic amines) is 1. The van der Waals surface area contributed by atoms with Crippen molar-refractivity contribution in [2.75, 3.05) is 19.6 Å². The van der Waals surface area contributed by atoms with Gasteiger partial charge in [0.05, 0.1) is 19.6 Å². The van der Waals surface area contributed by atoms with Crippen LogP contribution in [-0.4, -0.2) is 19.6 Å². The van der Waals surface area contributed by atoms with Gasteiger partial charge in [-0.2, -0.15) is 0 Å². The number of unbranched alkanes of at least 4 members (excludes halogenated alkanes) is 1. The first-order valence-corrected chi connectivity index (χ1v) is 5.20. The lowest BCUT2D eigenvalue weighted by atomic mass is 10.1. The molecule has 0 amide bonds. The largest absolute Gasteiger partial charge is 1.00 e. The van der Waals surface area contributed by atoms with E-state index in [1.807, 2.05) is 4.90 Å². The van der Waals surface area contributed by atoms with Crippen LogP contribution in [0.5, 0.6) is 0 Å². The van der Waals surface area contributed by atoms with Crippen molar-refractivity contribution in [3.05, 3.63) is 0 Å². The van der Waals surface area contributed by atoms with Crippen LogP contribution in [0.25, 0.3) is 0 Å². The highest BCUT2D eigenvalue weighted by atomic mass is 19.0. The Morgan fingerprint density at radius 1 is 1.33 bits per heavy atom. The summed E-state index contributed by atoms with van der Waals surface area (Å²) >= 11 is 0. The Hall–Kier alpha value is -0.110. The number of nitrogens with one attached hydrogen (secondary N) is 1. The lowest BCUT2D eigenvalue weighted by molar-refractivity contribution is -0.889. The molecule has 2 unspecified atom stereocenters. The van der Waals surface area contributed by atoms with Crippen molar-refractivity contribution < 1.29 is 9.60 Å². The van der Waals surface area contributed by atoms with Gasteiger partial charge in [0.2, 0.25) is 0 Å². The van der Waals surface area contributed by atoms with E-state index in [1.54, 1.807) is 0 Å². The molecule has 2 atom stereocenters. The summed E-state index contributed by atoms with van der Waals surface area (Å²) in [6.07, 6.45) is 5.66. The zero-order valence-corrected chi connectivity index (χ0v) is 8.41. The molecule has 1 saturated heterocycles. The molecule has 0 radical (unpaired) electrons. The van der Waals surface area contributed by atoms with Crippen molar-refractivity contribution in [2.24, 2.45) is 5.92 Å². The summed E-state index contributed by atoms with van der Waals surface area (Å²) in [5.41, 5.74) is 0. The van der Waals surface area contributed by atoms with Crippen LogP contribution in [-0.2, 0) is 0 Å². The molecule has 1 rings (SSSR count). The average Bonchev–Trinajstić information content (AvgIpc) is 2.48. The van der Waals surface area contributed by atoms with Crippen LogP contribution >= 0.6 is 0 Å². The Morgan fingerprint density at radius 3 is 2.58 bits per heavy atom. The Balaban J connectivity index is 0.00000121. The molecule has 2 heteroatoms. The molecule has 0 aliphatic carbocycles. The van der Waals surface area contributed by atoms with Crippen molar-refractivity contribution in [3.8, 4) is 0 Å². The van der Waals surface area contributed by atoms with E-state index in [0.717, 1.165) is 5.92 Å². The Labute approximate surface area is 75.5 Å². The van der Waals surface area contributed by atoms with Crippen molar-refractivity contribution in [1.82, 2.24) is 0 Å². The maximum absolute atomic E-state index is 2.33. The fraction of sp³-hybridized carbons (Fsp3) is 1.00. The van der Waals surface area contributed by atoms with E-state index in [0.29, 0.717) is 0 Å². The van der Waals surface area contributed by atoms with Gasteiger partial charge in [-0.05, 0) is 12.8 Å². The summed E-state index contributed by atoms with van der Waals surface area (Å²) in [7, 11) is 0. The van der Waals surface area contributed by atoms with Gasteiger partial charge in [0.15, 0.2) is 0 Å². The van der Waals surface area contributed by atoms with Gasteiger partial charge in [-0.15, -0.1) is 0 Å². The fourth-order valence-corrected chi connectivity index (χ4v) is 2.02. The van der Waals surface area contributed by atoms with Crippen molar-refractivity contribution in [2.45, 2.75) is 39.5 Å². The third-order valence-corrected chi connectivity index (χ3v) is 2.94. The quantitative estimate of drug-likeness (QED) is 0.509. The van der Waals surface area contributed by atoms with Crippen LogP contribution in [0.3, 0.4) is 0 Å². The second-order valence-corrected chi connectivity index (χ2v) is 3.87. The zero-order chi connectivity index (χ0) is 8.10. The van der Waals surface area contributed by atoms with E-state index in [-0.39, 0.29) is 4.70 Å². The summed E-state index contributed by atoms with van der Waals surface area (Å²) in [5.74, 6) is 1.04. The van der Waals surface area contributed by atoms with Gasteiger partial charge in [0.1, 0.15) is 0 Å². The molecule has 0 bridgehead atoms. The maximum atomic E-state index is 2.33. The van der Waals surface area contributed by atoms with Crippen LogP contribution in [0.4, 0.5) is 0 Å². The minimum absolute atomic E-state index is 0. The van der Waals surface area contributed by atoms with E-state index >= 15 is 0 Å². The van der Waals surface area contributed by atoms with E-state index in [1.165, 1.54) is 45.3 Å².